The summed E-state index contributed by atoms with van der Waals surface area (Å²) in [7, 11) is 0. The highest BCUT2D eigenvalue weighted by atomic mass is 35.5. The molecule has 1 saturated carbocycles. The van der Waals surface area contributed by atoms with Crippen LogP contribution >= 0.6 is 11.6 Å². The normalized spacial score (nSPS) is 26.1. The molecule has 1 aromatic rings. The molecule has 2 N–H and O–H groups in total. The number of nitrogens with two attached hydrogens (primary N) is 1. The van der Waals surface area contributed by atoms with Gasteiger partial charge in [-0.05, 0) is 30.9 Å². The molecule has 1 aromatic heterocycles. The molecular weight excluding hydrogens is 191 g/mol. The molecule has 1 aliphatic carbocycles. The van der Waals surface area contributed by atoms with E-state index in [1.54, 1.807) is 6.07 Å². The van der Waals surface area contributed by atoms with Gasteiger partial charge in [-0.2, -0.15) is 4.39 Å². The first kappa shape index (κ1) is 8.91. The second kappa shape index (κ2) is 3.24. The van der Waals surface area contributed by atoms with Crippen molar-refractivity contribution in [2.75, 3.05) is 6.54 Å². The molecule has 0 aromatic carbocycles. The van der Waals surface area contributed by atoms with Gasteiger partial charge >= 0.3 is 0 Å². The van der Waals surface area contributed by atoms with Crippen LogP contribution in [0.1, 0.15) is 17.9 Å². The molecule has 2 rings (SSSR count). The standard InChI is InChI=1S/C9H10ClFN2/c10-6-2-8(9(11)13-4-6)7-1-5(7)3-12/h2,4-5,7H,1,3,12H2/t5-,7+/m0/s1. The first-order valence-electron chi connectivity index (χ1n) is 4.23. The molecule has 0 radical (unpaired) electrons. The van der Waals surface area contributed by atoms with E-state index in [4.69, 9.17) is 17.3 Å². The van der Waals surface area contributed by atoms with Crippen molar-refractivity contribution in [3.63, 3.8) is 0 Å². The zero-order valence-electron chi connectivity index (χ0n) is 7.00. The van der Waals surface area contributed by atoms with E-state index < -0.39 is 5.95 Å². The minimum atomic E-state index is -0.412. The third-order valence-corrected chi connectivity index (χ3v) is 2.66. The molecule has 0 saturated heterocycles. The summed E-state index contributed by atoms with van der Waals surface area (Å²) >= 11 is 5.72. The number of rotatable bonds is 2. The summed E-state index contributed by atoms with van der Waals surface area (Å²) in [4.78, 5) is 3.57. The maximum absolute atomic E-state index is 13.2. The monoisotopic (exact) mass is 200 g/mol. The van der Waals surface area contributed by atoms with Crippen LogP contribution in [0.4, 0.5) is 4.39 Å². The summed E-state index contributed by atoms with van der Waals surface area (Å²) in [5.41, 5.74) is 6.09. The number of nitrogens with zero attached hydrogens (tertiary/aromatic N) is 1. The Labute approximate surface area is 80.9 Å². The minimum absolute atomic E-state index is 0.233. The Hall–Kier alpha value is -0.670. The van der Waals surface area contributed by atoms with Gasteiger partial charge in [0.25, 0.3) is 0 Å². The maximum Gasteiger partial charge on any atom is 0.216 e. The van der Waals surface area contributed by atoms with Gasteiger partial charge in [0, 0.05) is 11.8 Å². The molecule has 1 aliphatic rings. The quantitative estimate of drug-likeness (QED) is 0.741. The fraction of sp³-hybridized carbons (Fsp3) is 0.444. The summed E-state index contributed by atoms with van der Waals surface area (Å²) in [5, 5.41) is 0.485. The number of hydrogen-bond acceptors (Lipinski definition) is 2. The van der Waals surface area contributed by atoms with Gasteiger partial charge in [0.15, 0.2) is 0 Å². The van der Waals surface area contributed by atoms with Crippen LogP contribution in [-0.2, 0) is 0 Å². The highest BCUT2D eigenvalue weighted by Gasteiger charge is 2.39. The molecule has 0 spiro atoms. The first-order chi connectivity index (χ1) is 6.22. The molecule has 4 heteroatoms. The van der Waals surface area contributed by atoms with Crippen LogP contribution in [-0.4, -0.2) is 11.5 Å². The van der Waals surface area contributed by atoms with Crippen molar-refractivity contribution in [3.8, 4) is 0 Å². The van der Waals surface area contributed by atoms with E-state index in [1.807, 2.05) is 0 Å². The van der Waals surface area contributed by atoms with Crippen LogP contribution in [0, 0.1) is 11.9 Å². The fourth-order valence-electron chi connectivity index (χ4n) is 1.59. The van der Waals surface area contributed by atoms with Crippen LogP contribution < -0.4 is 5.73 Å². The smallest absolute Gasteiger partial charge is 0.216 e. The molecule has 0 aliphatic heterocycles. The van der Waals surface area contributed by atoms with Gasteiger partial charge in [0.05, 0.1) is 5.02 Å². The SMILES string of the molecule is NC[C@@H]1C[C@H]1c1cc(Cl)cnc1F. The van der Waals surface area contributed by atoms with Crippen LogP contribution in [0.25, 0.3) is 0 Å². The average Bonchev–Trinajstić information content (AvgIpc) is 2.88. The lowest BCUT2D eigenvalue weighted by Gasteiger charge is -2.00. The zero-order valence-corrected chi connectivity index (χ0v) is 7.76. The van der Waals surface area contributed by atoms with Crippen molar-refractivity contribution in [3.05, 3.63) is 28.8 Å². The molecular formula is C9H10ClFN2. The molecule has 0 amide bonds. The Morgan fingerprint density at radius 3 is 3.08 bits per heavy atom. The van der Waals surface area contributed by atoms with Gasteiger partial charge in [0.2, 0.25) is 5.95 Å². The van der Waals surface area contributed by atoms with E-state index in [-0.39, 0.29) is 5.92 Å². The van der Waals surface area contributed by atoms with E-state index in [9.17, 15) is 4.39 Å². The van der Waals surface area contributed by atoms with E-state index in [0.29, 0.717) is 23.0 Å². The molecule has 1 heterocycles. The van der Waals surface area contributed by atoms with Crippen molar-refractivity contribution in [1.29, 1.82) is 0 Å². The summed E-state index contributed by atoms with van der Waals surface area (Å²) in [6, 6.07) is 1.64. The molecule has 13 heavy (non-hydrogen) atoms. The van der Waals surface area contributed by atoms with Crippen molar-refractivity contribution in [2.24, 2.45) is 11.7 Å². The summed E-state index contributed by atoms with van der Waals surface area (Å²) < 4.78 is 13.2. The second-order valence-corrected chi connectivity index (χ2v) is 3.81. The summed E-state index contributed by atoms with van der Waals surface area (Å²) in [6.45, 7) is 0.608. The maximum atomic E-state index is 13.2. The van der Waals surface area contributed by atoms with Crippen LogP contribution in [0.15, 0.2) is 12.3 Å². The first-order valence-corrected chi connectivity index (χ1v) is 4.61. The number of pyridine rings is 1. The van der Waals surface area contributed by atoms with Gasteiger partial charge in [-0.3, -0.25) is 0 Å². The third kappa shape index (κ3) is 1.67. The zero-order chi connectivity index (χ0) is 9.42. The summed E-state index contributed by atoms with van der Waals surface area (Å²) in [6.07, 6.45) is 2.27. The van der Waals surface area contributed by atoms with E-state index in [0.717, 1.165) is 6.42 Å². The average molecular weight is 201 g/mol. The highest BCUT2D eigenvalue weighted by molar-refractivity contribution is 6.30. The van der Waals surface area contributed by atoms with Crippen LogP contribution in [0.2, 0.25) is 5.02 Å². The minimum Gasteiger partial charge on any atom is -0.330 e. The molecule has 2 nitrogen and oxygen atoms in total. The van der Waals surface area contributed by atoms with E-state index in [2.05, 4.69) is 4.98 Å². The summed E-state index contributed by atoms with van der Waals surface area (Å²) in [5.74, 6) is 0.233. The Morgan fingerprint density at radius 2 is 2.46 bits per heavy atom. The van der Waals surface area contributed by atoms with Crippen molar-refractivity contribution >= 4 is 11.6 Å². The largest absolute Gasteiger partial charge is 0.330 e. The Bertz CT molecular complexity index is 329. The lowest BCUT2D eigenvalue weighted by atomic mass is 10.1. The lowest BCUT2D eigenvalue weighted by molar-refractivity contribution is 0.563. The van der Waals surface area contributed by atoms with E-state index >= 15 is 0 Å². The fourth-order valence-corrected chi connectivity index (χ4v) is 1.75. The van der Waals surface area contributed by atoms with E-state index in [1.165, 1.54) is 6.20 Å². The molecule has 0 unspecified atom stereocenters. The van der Waals surface area contributed by atoms with Gasteiger partial charge in [-0.1, -0.05) is 11.6 Å². The van der Waals surface area contributed by atoms with Crippen LogP contribution in [0.3, 0.4) is 0 Å². The van der Waals surface area contributed by atoms with Crippen LogP contribution in [0.5, 0.6) is 0 Å². The number of hydrogen-bond donors (Lipinski definition) is 1. The molecule has 70 valence electrons. The van der Waals surface area contributed by atoms with Crippen molar-refractivity contribution < 1.29 is 4.39 Å². The van der Waals surface area contributed by atoms with Gasteiger partial charge in [-0.25, -0.2) is 4.98 Å². The topological polar surface area (TPSA) is 38.9 Å². The van der Waals surface area contributed by atoms with Gasteiger partial charge < -0.3 is 5.73 Å². The number of aromatic nitrogens is 1. The predicted molar refractivity (Wildman–Crippen MR) is 49.1 cm³/mol. The third-order valence-electron chi connectivity index (χ3n) is 2.46. The second-order valence-electron chi connectivity index (χ2n) is 3.37. The molecule has 0 bridgehead atoms. The lowest BCUT2D eigenvalue weighted by Crippen LogP contribution is -2.03. The molecule has 1 fully saturated rings. The Morgan fingerprint density at radius 1 is 1.69 bits per heavy atom. The van der Waals surface area contributed by atoms with Crippen molar-refractivity contribution in [2.45, 2.75) is 12.3 Å². The number of halogens is 2. The highest BCUT2D eigenvalue weighted by Crippen LogP contribution is 2.47. The van der Waals surface area contributed by atoms with Crippen molar-refractivity contribution in [1.82, 2.24) is 4.98 Å². The predicted octanol–water partition coefficient (Wildman–Crippen LogP) is 1.94. The van der Waals surface area contributed by atoms with Gasteiger partial charge in [0.1, 0.15) is 0 Å². The molecule has 2 atom stereocenters. The Balaban J connectivity index is 2.25. The Kier molecular flexibility index (Phi) is 2.22. The van der Waals surface area contributed by atoms with Gasteiger partial charge in [-0.15, -0.1) is 0 Å².